The molecule has 1 aliphatic rings. The maximum absolute atomic E-state index is 9.90. The minimum atomic E-state index is -0.439. The Morgan fingerprint density at radius 3 is 2.58 bits per heavy atom. The Hall–Kier alpha value is -4.45. The van der Waals surface area contributed by atoms with E-state index in [0.29, 0.717) is 22.8 Å². The third kappa shape index (κ3) is 2.93. The molecule has 2 N–H and O–H groups in total. The highest BCUT2D eigenvalue weighted by molar-refractivity contribution is 5.68. The number of rotatable bonds is 3. The van der Waals surface area contributed by atoms with Crippen molar-refractivity contribution in [2.45, 2.75) is 12.8 Å². The van der Waals surface area contributed by atoms with Gasteiger partial charge >= 0.3 is 0 Å². The summed E-state index contributed by atoms with van der Waals surface area (Å²) in [6.45, 7) is 1.94. The number of fused-ring (bicyclic) bond motifs is 1. The summed E-state index contributed by atoms with van der Waals surface area (Å²) < 4.78 is 9.40. The summed E-state index contributed by atoms with van der Waals surface area (Å²) in [7, 11) is 1.77. The summed E-state index contributed by atoms with van der Waals surface area (Å²) in [6, 6.07) is 11.9. The lowest BCUT2D eigenvalue weighted by Gasteiger charge is -2.25. The molecule has 3 aromatic heterocycles. The fourth-order valence-electron chi connectivity index (χ4n) is 3.90. The predicted molar refractivity (Wildman–Crippen MR) is 112 cm³/mol. The van der Waals surface area contributed by atoms with Gasteiger partial charge in [-0.3, -0.25) is 0 Å². The van der Waals surface area contributed by atoms with Crippen LogP contribution in [-0.4, -0.2) is 29.3 Å². The van der Waals surface area contributed by atoms with Crippen molar-refractivity contribution in [2.75, 3.05) is 0 Å². The zero-order chi connectivity index (χ0) is 21.5. The van der Waals surface area contributed by atoms with Crippen LogP contribution in [0.5, 0.6) is 5.88 Å². The highest BCUT2D eigenvalue weighted by Crippen LogP contribution is 2.46. The number of aryl methyl sites for hydroxylation is 2. The first-order chi connectivity index (χ1) is 15.1. The largest absolute Gasteiger partial charge is 0.422 e. The Balaban J connectivity index is 1.68. The summed E-state index contributed by atoms with van der Waals surface area (Å²) in [6.07, 6.45) is 6.78. The molecule has 0 saturated heterocycles. The van der Waals surface area contributed by atoms with Crippen LogP contribution in [0.4, 0.5) is 0 Å². The van der Waals surface area contributed by atoms with Crippen molar-refractivity contribution in [3.05, 3.63) is 83.7 Å². The molecule has 1 atom stereocenters. The van der Waals surface area contributed by atoms with Crippen molar-refractivity contribution >= 4 is 0 Å². The summed E-state index contributed by atoms with van der Waals surface area (Å²) in [5.74, 6) is 1.02. The molecule has 1 unspecified atom stereocenters. The number of benzene rings is 1. The lowest BCUT2D eigenvalue weighted by molar-refractivity contribution is 0.358. The SMILES string of the molecule is Cc1nccn1-c1ccc(C2C(C#N)=C(N)Oc3c2c(-c2ccncn2)nn3C)cc1. The topological polar surface area (TPSA) is 120 Å². The van der Waals surface area contributed by atoms with Crippen LogP contribution in [0.3, 0.4) is 0 Å². The molecular formula is C22H18N8O. The average molecular weight is 410 g/mol. The molecule has 0 fully saturated rings. The zero-order valence-electron chi connectivity index (χ0n) is 16.9. The summed E-state index contributed by atoms with van der Waals surface area (Å²) in [5, 5.41) is 14.5. The van der Waals surface area contributed by atoms with E-state index in [1.165, 1.54) is 6.33 Å². The lowest BCUT2D eigenvalue weighted by atomic mass is 9.83. The zero-order valence-corrected chi connectivity index (χ0v) is 16.9. The van der Waals surface area contributed by atoms with Gasteiger partial charge in [-0.25, -0.2) is 19.6 Å². The molecule has 1 aliphatic heterocycles. The molecule has 4 heterocycles. The van der Waals surface area contributed by atoms with Crippen molar-refractivity contribution in [3.8, 4) is 29.0 Å². The van der Waals surface area contributed by atoms with Crippen LogP contribution in [0.25, 0.3) is 17.1 Å². The van der Waals surface area contributed by atoms with Gasteiger partial charge in [-0.15, -0.1) is 0 Å². The smallest absolute Gasteiger partial charge is 0.224 e. The number of nitrogens with zero attached hydrogens (tertiary/aromatic N) is 7. The van der Waals surface area contributed by atoms with Crippen molar-refractivity contribution < 1.29 is 4.74 Å². The van der Waals surface area contributed by atoms with Gasteiger partial charge < -0.3 is 15.0 Å². The molecule has 0 amide bonds. The van der Waals surface area contributed by atoms with E-state index < -0.39 is 5.92 Å². The Kier molecular flexibility index (Phi) is 4.26. The van der Waals surface area contributed by atoms with Crippen LogP contribution in [0.15, 0.2) is 66.7 Å². The van der Waals surface area contributed by atoms with Gasteiger partial charge in [0.1, 0.15) is 29.5 Å². The minimum Gasteiger partial charge on any atom is -0.422 e. The van der Waals surface area contributed by atoms with E-state index in [-0.39, 0.29) is 5.88 Å². The molecule has 0 spiro atoms. The summed E-state index contributed by atoms with van der Waals surface area (Å²) in [4.78, 5) is 12.6. The van der Waals surface area contributed by atoms with Crippen LogP contribution < -0.4 is 10.5 Å². The Morgan fingerprint density at radius 2 is 1.94 bits per heavy atom. The molecule has 0 radical (unpaired) electrons. The number of imidazole rings is 1. The van der Waals surface area contributed by atoms with Crippen LogP contribution in [0.2, 0.25) is 0 Å². The highest BCUT2D eigenvalue weighted by atomic mass is 16.5. The number of hydrogen-bond donors (Lipinski definition) is 1. The molecule has 5 rings (SSSR count). The molecule has 9 nitrogen and oxygen atoms in total. The van der Waals surface area contributed by atoms with Crippen LogP contribution >= 0.6 is 0 Å². The first-order valence-corrected chi connectivity index (χ1v) is 9.59. The summed E-state index contributed by atoms with van der Waals surface area (Å²) in [5.41, 5.74) is 10.4. The number of ether oxygens (including phenoxy) is 1. The molecule has 1 aromatic carbocycles. The number of allylic oxidation sites excluding steroid dienone is 1. The van der Waals surface area contributed by atoms with Crippen LogP contribution in [0, 0.1) is 18.3 Å². The second kappa shape index (κ2) is 7.11. The van der Waals surface area contributed by atoms with Gasteiger partial charge in [0.2, 0.25) is 11.8 Å². The number of nitriles is 1. The van der Waals surface area contributed by atoms with Crippen molar-refractivity contribution in [1.82, 2.24) is 29.3 Å². The van der Waals surface area contributed by atoms with Crippen molar-refractivity contribution in [2.24, 2.45) is 12.8 Å². The molecule has 152 valence electrons. The van der Waals surface area contributed by atoms with Gasteiger partial charge in [0, 0.05) is 31.3 Å². The Labute approximate surface area is 178 Å². The monoisotopic (exact) mass is 410 g/mol. The summed E-state index contributed by atoms with van der Waals surface area (Å²) >= 11 is 0. The van der Waals surface area contributed by atoms with E-state index in [9.17, 15) is 5.26 Å². The van der Waals surface area contributed by atoms with Gasteiger partial charge in [0.25, 0.3) is 0 Å². The van der Waals surface area contributed by atoms with E-state index in [0.717, 1.165) is 22.6 Å². The van der Waals surface area contributed by atoms with E-state index in [1.807, 2.05) is 42.0 Å². The molecule has 0 saturated carbocycles. The van der Waals surface area contributed by atoms with E-state index >= 15 is 0 Å². The third-order valence-electron chi connectivity index (χ3n) is 5.35. The Bertz CT molecular complexity index is 1340. The van der Waals surface area contributed by atoms with E-state index in [4.69, 9.17) is 10.5 Å². The quantitative estimate of drug-likeness (QED) is 0.551. The van der Waals surface area contributed by atoms with E-state index in [1.54, 1.807) is 30.2 Å². The number of hydrogen-bond acceptors (Lipinski definition) is 7. The number of nitrogens with two attached hydrogens (primary N) is 1. The molecule has 4 aromatic rings. The second-order valence-corrected chi connectivity index (χ2v) is 7.15. The molecule has 9 heteroatoms. The molecule has 31 heavy (non-hydrogen) atoms. The van der Waals surface area contributed by atoms with Gasteiger partial charge in [0.05, 0.1) is 17.2 Å². The predicted octanol–water partition coefficient (Wildman–Crippen LogP) is 2.59. The lowest BCUT2D eigenvalue weighted by Crippen LogP contribution is -2.22. The van der Waals surface area contributed by atoms with Crippen molar-refractivity contribution in [1.29, 1.82) is 5.26 Å². The standard InChI is InChI=1S/C22H18N8O/c1-13-26-9-10-30(13)15-5-3-14(4-6-15)18-16(11-23)21(24)31-22-19(18)20(28-29(22)2)17-7-8-25-12-27-17/h3-10,12,18H,24H2,1-2H3. The van der Waals surface area contributed by atoms with Gasteiger partial charge in [-0.2, -0.15) is 10.4 Å². The maximum atomic E-state index is 9.90. The van der Waals surface area contributed by atoms with Gasteiger partial charge in [-0.05, 0) is 30.7 Å². The third-order valence-corrected chi connectivity index (χ3v) is 5.35. The van der Waals surface area contributed by atoms with Crippen LogP contribution in [-0.2, 0) is 7.05 Å². The highest BCUT2D eigenvalue weighted by Gasteiger charge is 2.37. The molecule has 0 bridgehead atoms. The van der Waals surface area contributed by atoms with E-state index in [2.05, 4.69) is 26.1 Å². The second-order valence-electron chi connectivity index (χ2n) is 7.15. The average Bonchev–Trinajstić information content (AvgIpc) is 3.37. The molecular weight excluding hydrogens is 392 g/mol. The number of aromatic nitrogens is 6. The van der Waals surface area contributed by atoms with Gasteiger partial charge in [0.15, 0.2) is 0 Å². The Morgan fingerprint density at radius 1 is 1.13 bits per heavy atom. The first-order valence-electron chi connectivity index (χ1n) is 9.59. The van der Waals surface area contributed by atoms with Gasteiger partial charge in [-0.1, -0.05) is 12.1 Å². The fourth-order valence-corrected chi connectivity index (χ4v) is 3.90. The maximum Gasteiger partial charge on any atom is 0.224 e. The normalized spacial score (nSPS) is 15.3. The fraction of sp³-hybridized carbons (Fsp3) is 0.136. The molecule has 0 aliphatic carbocycles. The van der Waals surface area contributed by atoms with Crippen molar-refractivity contribution in [3.63, 3.8) is 0 Å². The first kappa shape index (κ1) is 18.6. The minimum absolute atomic E-state index is 0.0757. The van der Waals surface area contributed by atoms with Crippen LogP contribution in [0.1, 0.15) is 22.9 Å².